The summed E-state index contributed by atoms with van der Waals surface area (Å²) in [6.45, 7) is 8.07. The van der Waals surface area contributed by atoms with Crippen molar-refractivity contribution >= 4 is 27.2 Å². The maximum absolute atomic E-state index is 5.96. The van der Waals surface area contributed by atoms with Crippen LogP contribution in [-0.2, 0) is 24.3 Å². The second-order valence-electron chi connectivity index (χ2n) is 8.04. The second kappa shape index (κ2) is 6.84. The number of hydrogen-bond donors (Lipinski definition) is 2. The lowest BCUT2D eigenvalue weighted by molar-refractivity contribution is -0.860. The minimum atomic E-state index is -0.140. The van der Waals surface area contributed by atoms with Gasteiger partial charge >= 0.3 is 0 Å². The van der Waals surface area contributed by atoms with Crippen LogP contribution in [0.4, 0.5) is 0 Å². The predicted molar refractivity (Wildman–Crippen MR) is 102 cm³/mol. The third-order valence-corrected chi connectivity index (χ3v) is 5.98. The van der Waals surface area contributed by atoms with Crippen LogP contribution in [-0.4, -0.2) is 52.4 Å². The van der Waals surface area contributed by atoms with Crippen LogP contribution in [0.15, 0.2) is 6.33 Å². The first-order valence-corrected chi connectivity index (χ1v) is 10.1. The number of nitrogens with one attached hydrogen (secondary N) is 1. The van der Waals surface area contributed by atoms with Crippen LogP contribution >= 0.6 is 11.3 Å². The van der Waals surface area contributed by atoms with Crippen molar-refractivity contribution in [3.63, 3.8) is 0 Å². The van der Waals surface area contributed by atoms with Crippen LogP contribution < -0.4 is 10.2 Å². The van der Waals surface area contributed by atoms with Gasteiger partial charge in [-0.3, -0.25) is 0 Å². The van der Waals surface area contributed by atoms with Crippen LogP contribution in [0.25, 0.3) is 15.9 Å². The molecule has 0 saturated carbocycles. The van der Waals surface area contributed by atoms with Gasteiger partial charge in [0.1, 0.15) is 17.7 Å². The highest BCUT2D eigenvalue weighted by molar-refractivity contribution is 7.19. The van der Waals surface area contributed by atoms with Crippen LogP contribution in [0.3, 0.4) is 0 Å². The number of fused-ring (bicyclic) bond motifs is 5. The number of quaternary nitrogens is 2. The number of nitrogens with zero attached hydrogens (tertiary/aromatic N) is 4. The predicted octanol–water partition coefficient (Wildman–Crippen LogP) is -0.212. The molecule has 26 heavy (non-hydrogen) atoms. The van der Waals surface area contributed by atoms with Crippen molar-refractivity contribution in [1.82, 2.24) is 19.6 Å². The fourth-order valence-electron chi connectivity index (χ4n) is 3.50. The Hall–Kier alpha value is -1.61. The summed E-state index contributed by atoms with van der Waals surface area (Å²) >= 11 is 1.72. The van der Waals surface area contributed by atoms with E-state index in [1.165, 1.54) is 33.7 Å². The van der Waals surface area contributed by atoms with E-state index in [-0.39, 0.29) is 5.60 Å². The Morgan fingerprint density at radius 3 is 3.04 bits per heavy atom. The van der Waals surface area contributed by atoms with Gasteiger partial charge in [0.25, 0.3) is 0 Å². The molecule has 0 spiro atoms. The smallest absolute Gasteiger partial charge is 0.206 e. The van der Waals surface area contributed by atoms with E-state index < -0.39 is 0 Å². The first kappa shape index (κ1) is 17.8. The second-order valence-corrected chi connectivity index (χ2v) is 9.13. The summed E-state index contributed by atoms with van der Waals surface area (Å²) < 4.78 is 7.80. The van der Waals surface area contributed by atoms with Gasteiger partial charge in [0.2, 0.25) is 5.82 Å². The van der Waals surface area contributed by atoms with E-state index >= 15 is 0 Å². The Labute approximate surface area is 157 Å². The van der Waals surface area contributed by atoms with Gasteiger partial charge in [0.05, 0.1) is 44.8 Å². The first-order chi connectivity index (χ1) is 12.4. The zero-order chi connectivity index (χ0) is 18.3. The first-order valence-electron chi connectivity index (χ1n) is 9.32. The molecule has 3 N–H and O–H groups in total. The molecule has 4 heterocycles. The molecule has 0 fully saturated rings. The van der Waals surface area contributed by atoms with E-state index in [1.54, 1.807) is 17.7 Å². The molecule has 4 rings (SSSR count). The number of aromatic nitrogens is 4. The Kier molecular flexibility index (Phi) is 4.68. The molecule has 0 bridgehead atoms. The summed E-state index contributed by atoms with van der Waals surface area (Å²) in [5.74, 6) is 0.878. The van der Waals surface area contributed by atoms with E-state index in [4.69, 9.17) is 9.72 Å². The zero-order valence-corrected chi connectivity index (χ0v) is 16.8. The lowest BCUT2D eigenvalue weighted by Crippen LogP contribution is -3.06. The normalized spacial score (nSPS) is 16.7. The van der Waals surface area contributed by atoms with Crippen LogP contribution in [0.2, 0.25) is 0 Å². The van der Waals surface area contributed by atoms with Crippen LogP contribution in [0.1, 0.15) is 36.5 Å². The quantitative estimate of drug-likeness (QED) is 0.584. The van der Waals surface area contributed by atoms with Gasteiger partial charge in [-0.15, -0.1) is 16.4 Å². The third-order valence-electron chi connectivity index (χ3n) is 4.86. The van der Waals surface area contributed by atoms with E-state index in [2.05, 4.69) is 43.3 Å². The summed E-state index contributed by atoms with van der Waals surface area (Å²) in [5, 5.41) is 8.10. The van der Waals surface area contributed by atoms with Crippen molar-refractivity contribution in [2.24, 2.45) is 0 Å². The standard InChI is InChI=1S/C18H26N6OS/c1-18(2)8-12-13(10-25-18)26-17-15(12)16-21-14(22-24(16)11-20-17)9-19-6-5-7-23(3)4/h11,19H,5-10H2,1-4H3/p+2. The summed E-state index contributed by atoms with van der Waals surface area (Å²) in [4.78, 5) is 13.3. The van der Waals surface area contributed by atoms with Crippen LogP contribution in [0.5, 0.6) is 0 Å². The van der Waals surface area contributed by atoms with Gasteiger partial charge in [0, 0.05) is 17.7 Å². The highest BCUT2D eigenvalue weighted by Gasteiger charge is 2.30. The van der Waals surface area contributed by atoms with Gasteiger partial charge in [0.15, 0.2) is 5.65 Å². The van der Waals surface area contributed by atoms with Crippen molar-refractivity contribution < 1.29 is 15.0 Å². The largest absolute Gasteiger partial charge is 0.370 e. The molecule has 0 amide bonds. The van der Waals surface area contributed by atoms with Crippen LogP contribution in [0, 0.1) is 0 Å². The van der Waals surface area contributed by atoms with E-state index in [0.29, 0.717) is 6.61 Å². The summed E-state index contributed by atoms with van der Waals surface area (Å²) in [5.41, 5.74) is 2.14. The van der Waals surface area contributed by atoms with Gasteiger partial charge in [-0.1, -0.05) is 0 Å². The van der Waals surface area contributed by atoms with Crippen molar-refractivity contribution in [3.05, 3.63) is 22.6 Å². The molecule has 0 aromatic carbocycles. The number of ether oxygens (including phenoxy) is 1. The highest BCUT2D eigenvalue weighted by atomic mass is 32.1. The third kappa shape index (κ3) is 3.46. The van der Waals surface area contributed by atoms with Crippen molar-refractivity contribution in [2.45, 2.75) is 45.4 Å². The van der Waals surface area contributed by atoms with E-state index in [0.717, 1.165) is 35.8 Å². The summed E-state index contributed by atoms with van der Waals surface area (Å²) in [6.07, 6.45) is 3.89. The van der Waals surface area contributed by atoms with Gasteiger partial charge < -0.3 is 15.0 Å². The Balaban J connectivity index is 1.60. The number of thiophene rings is 1. The molecule has 0 saturated heterocycles. The van der Waals surface area contributed by atoms with Gasteiger partial charge in [-0.05, 0) is 19.4 Å². The van der Waals surface area contributed by atoms with E-state index in [9.17, 15) is 0 Å². The minimum Gasteiger partial charge on any atom is -0.370 e. The fourth-order valence-corrected chi connectivity index (χ4v) is 4.57. The van der Waals surface area contributed by atoms with Crippen molar-refractivity contribution in [1.29, 1.82) is 0 Å². The molecule has 3 aromatic rings. The SMILES string of the molecule is C[NH+](C)CCC[NH2+]Cc1nc2c3c4c(sc3ncn2n1)COC(C)(C)C4. The molecule has 0 radical (unpaired) electrons. The summed E-state index contributed by atoms with van der Waals surface area (Å²) in [6, 6.07) is 0. The topological polar surface area (TPSA) is 73.4 Å². The molecular weight excluding hydrogens is 348 g/mol. The Morgan fingerprint density at radius 2 is 2.23 bits per heavy atom. The summed E-state index contributed by atoms with van der Waals surface area (Å²) in [7, 11) is 4.38. The monoisotopic (exact) mass is 376 g/mol. The minimum absolute atomic E-state index is 0.140. The van der Waals surface area contributed by atoms with Crippen molar-refractivity contribution in [3.8, 4) is 0 Å². The molecule has 0 atom stereocenters. The maximum Gasteiger partial charge on any atom is 0.206 e. The molecule has 8 heteroatoms. The molecule has 0 unspecified atom stereocenters. The molecule has 0 aliphatic carbocycles. The number of rotatable bonds is 6. The van der Waals surface area contributed by atoms with Crippen molar-refractivity contribution in [2.75, 3.05) is 27.2 Å². The lowest BCUT2D eigenvalue weighted by atomic mass is 9.94. The molecule has 3 aromatic heterocycles. The molecule has 140 valence electrons. The average molecular weight is 377 g/mol. The lowest BCUT2D eigenvalue weighted by Gasteiger charge is -2.30. The maximum atomic E-state index is 5.96. The molecular formula is C18H28N6OS+2. The number of hydrogen-bond acceptors (Lipinski definition) is 5. The molecule has 1 aliphatic rings. The zero-order valence-electron chi connectivity index (χ0n) is 16.0. The fraction of sp³-hybridized carbons (Fsp3) is 0.611. The Morgan fingerprint density at radius 1 is 1.38 bits per heavy atom. The highest BCUT2D eigenvalue weighted by Crippen LogP contribution is 2.39. The average Bonchev–Trinajstić information content (AvgIpc) is 3.13. The van der Waals surface area contributed by atoms with E-state index in [1.807, 2.05) is 4.52 Å². The molecule has 1 aliphatic heterocycles. The van der Waals surface area contributed by atoms with Gasteiger partial charge in [-0.2, -0.15) is 0 Å². The number of nitrogens with two attached hydrogens (primary N) is 1. The Bertz CT molecular complexity index is 929. The molecule has 7 nitrogen and oxygen atoms in total. The van der Waals surface area contributed by atoms with Gasteiger partial charge in [-0.25, -0.2) is 14.5 Å².